The molecule has 1 aromatic carbocycles. The zero-order valence-electron chi connectivity index (χ0n) is 11.1. The summed E-state index contributed by atoms with van der Waals surface area (Å²) in [5, 5.41) is 11.0. The summed E-state index contributed by atoms with van der Waals surface area (Å²) < 4.78 is 0.251. The summed E-state index contributed by atoms with van der Waals surface area (Å²) in [6.45, 7) is 6.54. The van der Waals surface area contributed by atoms with E-state index in [0.29, 0.717) is 5.15 Å². The van der Waals surface area contributed by atoms with E-state index in [4.69, 9.17) is 11.6 Å². The summed E-state index contributed by atoms with van der Waals surface area (Å²) in [5.41, 5.74) is 0. The highest BCUT2D eigenvalue weighted by Crippen LogP contribution is 2.34. The lowest BCUT2D eigenvalue weighted by Gasteiger charge is -2.38. The van der Waals surface area contributed by atoms with E-state index in [1.54, 1.807) is 0 Å². The lowest BCUT2D eigenvalue weighted by molar-refractivity contribution is 0.641. The SMILES string of the molecule is CC1(C)CN(c2nnc(Cl)c3ccccc23)CCS1. The summed E-state index contributed by atoms with van der Waals surface area (Å²) in [6.07, 6.45) is 0. The van der Waals surface area contributed by atoms with Gasteiger partial charge in [0.15, 0.2) is 11.0 Å². The van der Waals surface area contributed by atoms with Crippen LogP contribution in [0.25, 0.3) is 10.8 Å². The topological polar surface area (TPSA) is 29.0 Å². The second-order valence-corrected chi connectivity index (χ2v) is 7.55. The number of hydrogen-bond acceptors (Lipinski definition) is 4. The number of nitrogens with zero attached hydrogens (tertiary/aromatic N) is 3. The van der Waals surface area contributed by atoms with Crippen molar-refractivity contribution in [2.24, 2.45) is 0 Å². The zero-order chi connectivity index (χ0) is 13.5. The molecule has 0 bridgehead atoms. The number of hydrogen-bond donors (Lipinski definition) is 0. The first-order valence-electron chi connectivity index (χ1n) is 6.37. The van der Waals surface area contributed by atoms with Crippen molar-refractivity contribution in [1.82, 2.24) is 10.2 Å². The van der Waals surface area contributed by atoms with Gasteiger partial charge in [0.2, 0.25) is 0 Å². The maximum absolute atomic E-state index is 6.13. The van der Waals surface area contributed by atoms with Crippen molar-refractivity contribution in [2.45, 2.75) is 18.6 Å². The van der Waals surface area contributed by atoms with Crippen LogP contribution in [0.15, 0.2) is 24.3 Å². The number of benzene rings is 1. The number of thioether (sulfide) groups is 1. The molecule has 0 radical (unpaired) electrons. The molecule has 5 heteroatoms. The molecular formula is C14H16ClN3S. The first kappa shape index (κ1) is 13.0. The maximum atomic E-state index is 6.13. The molecule has 1 aliphatic heterocycles. The molecule has 0 N–H and O–H groups in total. The molecule has 1 saturated heterocycles. The Morgan fingerprint density at radius 1 is 1.21 bits per heavy atom. The van der Waals surface area contributed by atoms with Crippen LogP contribution in [0.4, 0.5) is 5.82 Å². The van der Waals surface area contributed by atoms with Crippen molar-refractivity contribution in [2.75, 3.05) is 23.7 Å². The average molecular weight is 294 g/mol. The van der Waals surface area contributed by atoms with Crippen LogP contribution in [0.3, 0.4) is 0 Å². The Labute approximate surface area is 122 Å². The first-order valence-corrected chi connectivity index (χ1v) is 7.73. The molecule has 1 aromatic heterocycles. The van der Waals surface area contributed by atoms with Crippen LogP contribution in [0.1, 0.15) is 13.8 Å². The molecule has 1 aliphatic rings. The van der Waals surface area contributed by atoms with E-state index in [1.165, 1.54) is 0 Å². The summed E-state index contributed by atoms with van der Waals surface area (Å²) >= 11 is 8.14. The summed E-state index contributed by atoms with van der Waals surface area (Å²) in [6, 6.07) is 8.07. The van der Waals surface area contributed by atoms with Gasteiger partial charge in [0.05, 0.1) is 0 Å². The molecule has 19 heavy (non-hydrogen) atoms. The van der Waals surface area contributed by atoms with E-state index in [0.717, 1.165) is 35.4 Å². The highest BCUT2D eigenvalue weighted by Gasteiger charge is 2.28. The van der Waals surface area contributed by atoms with Gasteiger partial charge in [-0.2, -0.15) is 11.8 Å². The van der Waals surface area contributed by atoms with Crippen molar-refractivity contribution in [3.05, 3.63) is 29.4 Å². The molecule has 0 amide bonds. The van der Waals surface area contributed by atoms with Gasteiger partial charge < -0.3 is 4.90 Å². The van der Waals surface area contributed by atoms with Gasteiger partial charge in [0.1, 0.15) is 0 Å². The third-order valence-electron chi connectivity index (χ3n) is 3.35. The number of anilines is 1. The van der Waals surface area contributed by atoms with Gasteiger partial charge >= 0.3 is 0 Å². The molecule has 100 valence electrons. The Bertz CT molecular complexity index is 615. The Hall–Kier alpha value is -1.00. The van der Waals surface area contributed by atoms with Crippen molar-refractivity contribution in [3.63, 3.8) is 0 Å². The van der Waals surface area contributed by atoms with E-state index in [2.05, 4.69) is 35.0 Å². The van der Waals surface area contributed by atoms with Crippen molar-refractivity contribution in [3.8, 4) is 0 Å². The molecule has 1 fully saturated rings. The highest BCUT2D eigenvalue weighted by atomic mass is 35.5. The van der Waals surface area contributed by atoms with E-state index in [9.17, 15) is 0 Å². The predicted molar refractivity (Wildman–Crippen MR) is 83.3 cm³/mol. The predicted octanol–water partition coefficient (Wildman–Crippen LogP) is 3.62. The minimum absolute atomic E-state index is 0.251. The molecule has 2 aromatic rings. The third kappa shape index (κ3) is 2.51. The summed E-state index contributed by atoms with van der Waals surface area (Å²) in [5.74, 6) is 2.07. The fourth-order valence-corrected chi connectivity index (χ4v) is 3.80. The molecule has 3 nitrogen and oxygen atoms in total. The van der Waals surface area contributed by atoms with Crippen LogP contribution in [-0.2, 0) is 0 Å². The normalized spacial score (nSPS) is 18.8. The van der Waals surface area contributed by atoms with E-state index in [1.807, 2.05) is 30.0 Å². The maximum Gasteiger partial charge on any atom is 0.159 e. The highest BCUT2D eigenvalue weighted by molar-refractivity contribution is 8.00. The molecular weight excluding hydrogens is 278 g/mol. The standard InChI is InChI=1S/C14H16ClN3S/c1-14(2)9-18(7-8-19-14)13-11-6-4-3-5-10(11)12(15)16-17-13/h3-6H,7-9H2,1-2H3. The molecule has 0 unspecified atom stereocenters. The Balaban J connectivity index is 2.08. The summed E-state index contributed by atoms with van der Waals surface area (Å²) in [7, 11) is 0. The van der Waals surface area contributed by atoms with Crippen LogP contribution in [0, 0.1) is 0 Å². The molecule has 3 rings (SSSR count). The third-order valence-corrected chi connectivity index (χ3v) is 4.92. The first-order chi connectivity index (χ1) is 9.07. The zero-order valence-corrected chi connectivity index (χ0v) is 12.6. The van der Waals surface area contributed by atoms with Crippen LogP contribution in [-0.4, -0.2) is 33.8 Å². The average Bonchev–Trinajstić information content (AvgIpc) is 2.38. The fraction of sp³-hybridized carbons (Fsp3) is 0.429. The number of aromatic nitrogens is 2. The van der Waals surface area contributed by atoms with Crippen LogP contribution in [0.2, 0.25) is 5.15 Å². The largest absolute Gasteiger partial charge is 0.352 e. The van der Waals surface area contributed by atoms with Gasteiger partial charge in [-0.3, -0.25) is 0 Å². The minimum atomic E-state index is 0.251. The fourth-order valence-electron chi connectivity index (χ4n) is 2.49. The molecule has 2 heterocycles. The lowest BCUT2D eigenvalue weighted by atomic mass is 10.1. The van der Waals surface area contributed by atoms with Crippen LogP contribution >= 0.6 is 23.4 Å². The van der Waals surface area contributed by atoms with Gasteiger partial charge in [-0.05, 0) is 13.8 Å². The minimum Gasteiger partial charge on any atom is -0.352 e. The van der Waals surface area contributed by atoms with Crippen molar-refractivity contribution < 1.29 is 0 Å². The van der Waals surface area contributed by atoms with Gasteiger partial charge in [0.25, 0.3) is 0 Å². The second kappa shape index (κ2) is 4.84. The Morgan fingerprint density at radius 3 is 2.68 bits per heavy atom. The molecule has 0 saturated carbocycles. The quantitative estimate of drug-likeness (QED) is 0.803. The monoisotopic (exact) mass is 293 g/mol. The van der Waals surface area contributed by atoms with Gasteiger partial charge in [-0.1, -0.05) is 35.9 Å². The van der Waals surface area contributed by atoms with Gasteiger partial charge in [-0.15, -0.1) is 10.2 Å². The Morgan fingerprint density at radius 2 is 1.95 bits per heavy atom. The molecule has 0 aliphatic carbocycles. The molecule has 0 spiro atoms. The van der Waals surface area contributed by atoms with E-state index < -0.39 is 0 Å². The van der Waals surface area contributed by atoms with Crippen molar-refractivity contribution >= 4 is 40.0 Å². The second-order valence-electron chi connectivity index (χ2n) is 5.39. The summed E-state index contributed by atoms with van der Waals surface area (Å²) in [4.78, 5) is 2.32. The van der Waals surface area contributed by atoms with Gasteiger partial charge in [0, 0.05) is 34.4 Å². The van der Waals surface area contributed by atoms with Crippen molar-refractivity contribution in [1.29, 1.82) is 0 Å². The van der Waals surface area contributed by atoms with Gasteiger partial charge in [-0.25, -0.2) is 0 Å². The van der Waals surface area contributed by atoms with E-state index >= 15 is 0 Å². The lowest BCUT2D eigenvalue weighted by Crippen LogP contribution is -2.43. The number of halogens is 1. The number of fused-ring (bicyclic) bond motifs is 1. The van der Waals surface area contributed by atoms with E-state index in [-0.39, 0.29) is 4.75 Å². The molecule has 0 atom stereocenters. The Kier molecular flexibility index (Phi) is 3.31. The van der Waals surface area contributed by atoms with Crippen LogP contribution in [0.5, 0.6) is 0 Å². The van der Waals surface area contributed by atoms with Crippen LogP contribution < -0.4 is 4.90 Å². The number of rotatable bonds is 1. The smallest absolute Gasteiger partial charge is 0.159 e.